The van der Waals surface area contributed by atoms with Crippen molar-refractivity contribution in [3.05, 3.63) is 0 Å². The second-order valence-corrected chi connectivity index (χ2v) is 6.65. The smallest absolute Gasteiger partial charge is 0.412 e. The molecule has 0 aliphatic carbocycles. The largest absolute Gasteiger partial charge is 1.00 e. The van der Waals surface area contributed by atoms with E-state index < -0.39 is 0 Å². The van der Waals surface area contributed by atoms with E-state index in [1.807, 2.05) is 9.80 Å². The molecule has 0 heterocycles. The van der Waals surface area contributed by atoms with E-state index in [4.69, 9.17) is 80.3 Å². The van der Waals surface area contributed by atoms with Crippen molar-refractivity contribution in [1.29, 1.82) is 0 Å². The van der Waals surface area contributed by atoms with E-state index in [0.717, 1.165) is 0 Å². The third kappa shape index (κ3) is 18.1. The Morgan fingerprint density at radius 2 is 1.23 bits per heavy atom. The number of nitrogens with zero attached hydrogens (tertiary/aromatic N) is 2. The number of hydrogen-bond donors (Lipinski definition) is 2. The summed E-state index contributed by atoms with van der Waals surface area (Å²) in [4.78, 5) is 3.73. The summed E-state index contributed by atoms with van der Waals surface area (Å²) in [6, 6.07) is 0. The van der Waals surface area contributed by atoms with Gasteiger partial charge in [-0.15, -0.1) is 0 Å². The van der Waals surface area contributed by atoms with Gasteiger partial charge >= 0.3 is 88.7 Å². The number of hydrogen-bond acceptors (Lipinski definition) is 7. The molecule has 0 aromatic rings. The normalized spacial score (nSPS) is 8.41. The first-order valence-electron chi connectivity index (χ1n) is 5.45. The molecule has 110 valence electrons. The second-order valence-electron chi connectivity index (χ2n) is 3.51. The van der Waals surface area contributed by atoms with Crippen molar-refractivity contribution in [3.8, 4) is 0 Å². The molecule has 0 aromatic heterocycles. The van der Waals surface area contributed by atoms with Crippen molar-refractivity contribution in [1.82, 2.24) is 15.1 Å². The first-order valence-corrected chi connectivity index (χ1v) is 7.90. The average molecular weight is 441 g/mol. The molecule has 0 saturated carbocycles. The van der Waals surface area contributed by atoms with Gasteiger partial charge in [0.15, 0.2) is 0 Å². The molecule has 4 nitrogen and oxygen atoms in total. The van der Waals surface area contributed by atoms with Crippen LogP contribution >= 0.6 is 36.7 Å². The minimum atomic E-state index is 0. The van der Waals surface area contributed by atoms with Crippen molar-refractivity contribution >= 4 is 87.5 Å². The molecule has 0 saturated heterocycles. The predicted octanol–water partition coefficient (Wildman–Crippen LogP) is -9.35. The fourth-order valence-electron chi connectivity index (χ4n) is 1.28. The number of nitrogens with two attached hydrogens (primary N) is 1. The van der Waals surface area contributed by atoms with Gasteiger partial charge in [0.1, 0.15) is 0 Å². The number of rotatable bonds is 8. The van der Waals surface area contributed by atoms with Crippen LogP contribution in [0.15, 0.2) is 0 Å². The van der Waals surface area contributed by atoms with Crippen LogP contribution in [0.2, 0.25) is 0 Å². The van der Waals surface area contributed by atoms with E-state index in [1.54, 1.807) is 0 Å². The molecule has 0 amide bonds. The molecule has 22 heavy (non-hydrogen) atoms. The third-order valence-electron chi connectivity index (χ3n) is 2.21. The Morgan fingerprint density at radius 3 is 1.55 bits per heavy atom. The van der Waals surface area contributed by atoms with Gasteiger partial charge in [-0.25, -0.2) is 0 Å². The van der Waals surface area contributed by atoms with E-state index >= 15 is 0 Å². The van der Waals surface area contributed by atoms with Crippen LogP contribution in [0.4, 0.5) is 0 Å². The summed E-state index contributed by atoms with van der Waals surface area (Å²) < 4.78 is 1.15. The van der Waals surface area contributed by atoms with E-state index in [-0.39, 0.29) is 88.7 Å². The summed E-state index contributed by atoms with van der Waals surface area (Å²) >= 11 is 29.6. The summed E-state index contributed by atoms with van der Waals surface area (Å²) in [6.07, 6.45) is 0. The molecule has 0 unspecified atom stereocenters. The second kappa shape index (κ2) is 20.6. The van der Waals surface area contributed by atoms with E-state index in [1.165, 1.54) is 0 Å². The van der Waals surface area contributed by atoms with E-state index in [9.17, 15) is 0 Å². The monoisotopic (exact) mass is 440 g/mol. The van der Waals surface area contributed by atoms with Crippen LogP contribution in [0.3, 0.4) is 0 Å². The zero-order valence-corrected chi connectivity index (χ0v) is 24.1. The topological polar surface area (TPSA) is 44.5 Å². The molecule has 0 atom stereocenters. The standard InChI is InChI=1S/C9H18N4S6.3Na/c10-1-3-12(8(16)17)5-6-13(9(18)19)4-2-11-7(14)15;;;/h1-6,10H2,(H,16,17)(H,18,19)(H2,11,14,15);;;/q;3*+1/p-3. The third-order valence-corrected chi connectivity index (χ3v) is 3.53. The summed E-state index contributed by atoms with van der Waals surface area (Å²) in [5.74, 6) is 0. The molecule has 0 bridgehead atoms. The SMILES string of the molecule is NCCN(CCN(CCNC(=S)[S-])C(=S)[S-])C(=S)[S-].[Na+].[Na+].[Na+]. The number of thiocarbonyl (C=S) groups is 3. The summed E-state index contributed by atoms with van der Waals surface area (Å²) in [5, 5.41) is 2.89. The molecule has 0 rings (SSSR count). The Kier molecular flexibility index (Phi) is 30.8. The molecule has 3 N–H and O–H groups in total. The van der Waals surface area contributed by atoms with Gasteiger partial charge in [0, 0.05) is 39.3 Å². The number of nitrogens with one attached hydrogen (secondary N) is 1. The van der Waals surface area contributed by atoms with Gasteiger partial charge in [0.25, 0.3) is 0 Å². The van der Waals surface area contributed by atoms with Crippen LogP contribution in [0.1, 0.15) is 0 Å². The quantitative estimate of drug-likeness (QED) is 0.216. The van der Waals surface area contributed by atoms with E-state index in [2.05, 4.69) is 5.32 Å². The van der Waals surface area contributed by atoms with Crippen LogP contribution in [-0.4, -0.2) is 62.0 Å². The maximum absolute atomic E-state index is 5.50. The van der Waals surface area contributed by atoms with Crippen molar-refractivity contribution in [3.63, 3.8) is 0 Å². The van der Waals surface area contributed by atoms with Gasteiger partial charge < -0.3 is 95.4 Å². The molecule has 0 aromatic carbocycles. The zero-order chi connectivity index (χ0) is 14.8. The fourth-order valence-corrected chi connectivity index (χ4v) is 2.21. The molecular formula is C9H15N4Na3S6. The predicted molar refractivity (Wildman–Crippen MR) is 100 cm³/mol. The molecule has 13 heteroatoms. The van der Waals surface area contributed by atoms with Crippen LogP contribution in [0, 0.1) is 0 Å². The molecule has 0 aliphatic rings. The molecular weight excluding hydrogens is 425 g/mol. The van der Waals surface area contributed by atoms with Gasteiger partial charge in [0.05, 0.1) is 0 Å². The van der Waals surface area contributed by atoms with Gasteiger partial charge in [-0.1, -0.05) is 13.0 Å². The van der Waals surface area contributed by atoms with E-state index in [0.29, 0.717) is 52.2 Å². The Labute approximate surface area is 232 Å². The Bertz CT molecular complexity index is 336. The van der Waals surface area contributed by atoms with Crippen molar-refractivity contribution in [2.24, 2.45) is 5.73 Å². The van der Waals surface area contributed by atoms with Crippen molar-refractivity contribution in [2.75, 3.05) is 39.3 Å². The maximum Gasteiger partial charge on any atom is 1.00 e. The average Bonchev–Trinajstić information content (AvgIpc) is 2.30. The Hall–Kier alpha value is 3.29. The molecule has 0 spiro atoms. The minimum Gasteiger partial charge on any atom is -0.412 e. The first kappa shape index (κ1) is 32.9. The maximum atomic E-state index is 5.50. The zero-order valence-electron chi connectivity index (χ0n) is 13.2. The van der Waals surface area contributed by atoms with Crippen LogP contribution in [-0.2, 0) is 37.9 Å². The summed E-state index contributed by atoms with van der Waals surface area (Å²) in [7, 11) is 0. The minimum absolute atomic E-state index is 0. The van der Waals surface area contributed by atoms with Crippen LogP contribution in [0.5, 0.6) is 0 Å². The van der Waals surface area contributed by atoms with Crippen molar-refractivity contribution < 1.29 is 88.7 Å². The Balaban J connectivity index is -0.000000540. The van der Waals surface area contributed by atoms with Gasteiger partial charge in [-0.2, -0.15) is 0 Å². The van der Waals surface area contributed by atoms with Gasteiger partial charge in [-0.3, -0.25) is 0 Å². The summed E-state index contributed by atoms with van der Waals surface area (Å²) in [5.41, 5.74) is 5.50. The molecule has 0 aliphatic heterocycles. The molecule has 0 fully saturated rings. The summed E-state index contributed by atoms with van der Waals surface area (Å²) in [6.45, 7) is 3.67. The van der Waals surface area contributed by atoms with Crippen LogP contribution in [0.25, 0.3) is 0 Å². The van der Waals surface area contributed by atoms with Crippen molar-refractivity contribution in [2.45, 2.75) is 0 Å². The first-order chi connectivity index (χ1) is 8.88. The Morgan fingerprint density at radius 1 is 0.818 bits per heavy atom. The van der Waals surface area contributed by atoms with Crippen LogP contribution < -0.4 is 99.7 Å². The molecule has 0 radical (unpaired) electrons. The van der Waals surface area contributed by atoms with Gasteiger partial charge in [-0.05, 0) is 0 Å². The van der Waals surface area contributed by atoms with Gasteiger partial charge in [0.2, 0.25) is 0 Å². The fraction of sp³-hybridized carbons (Fsp3) is 0.667.